The third-order valence-electron chi connectivity index (χ3n) is 4.90. The summed E-state index contributed by atoms with van der Waals surface area (Å²) in [5, 5.41) is 3.40. The van der Waals surface area contributed by atoms with Gasteiger partial charge in [0.1, 0.15) is 11.3 Å². The van der Waals surface area contributed by atoms with Gasteiger partial charge < -0.3 is 23.6 Å². The number of carbonyl (C=O) groups is 1. The van der Waals surface area contributed by atoms with E-state index in [0.29, 0.717) is 27.8 Å². The van der Waals surface area contributed by atoms with Crippen molar-refractivity contribution >= 4 is 34.2 Å². The number of amides is 1. The molecule has 0 aliphatic heterocycles. The fourth-order valence-electron chi connectivity index (χ4n) is 3.19. The zero-order valence-electron chi connectivity index (χ0n) is 17.6. The first-order valence-electron chi connectivity index (χ1n) is 9.80. The normalized spacial score (nSPS) is 11.9. The summed E-state index contributed by atoms with van der Waals surface area (Å²) in [6.45, 7) is 3.34. The smallest absolute Gasteiger partial charge is 0.265 e. The summed E-state index contributed by atoms with van der Waals surface area (Å²) in [4.78, 5) is 26.1. The Balaban J connectivity index is 1.73. The molecule has 0 fully saturated rings. The number of methoxy groups -OCH3 is 1. The molecular formula is C24H20ClNO6. The van der Waals surface area contributed by atoms with E-state index in [1.165, 1.54) is 26.4 Å². The molecule has 0 saturated heterocycles. The van der Waals surface area contributed by atoms with Crippen LogP contribution in [0.25, 0.3) is 22.5 Å². The number of nitrogens with one attached hydrogen (secondary N) is 1. The minimum Gasteiger partial charge on any atom is -0.495 e. The molecule has 0 saturated carbocycles. The molecule has 2 aromatic carbocycles. The van der Waals surface area contributed by atoms with E-state index in [4.69, 9.17) is 29.9 Å². The Morgan fingerprint density at radius 1 is 1.16 bits per heavy atom. The standard InChI is InChI=1S/C24H20ClNO6/c1-13-11-20-15(12-16(13)25)21(27)23(22(32-20)19-9-6-10-30-19)31-14(2)24(28)26-17-7-4-5-8-18(17)29-3/h4-12,14H,1-3H3,(H,26,28). The third kappa shape index (κ3) is 4.07. The van der Waals surface area contributed by atoms with Crippen molar-refractivity contribution in [2.45, 2.75) is 20.0 Å². The molecule has 1 unspecified atom stereocenters. The predicted molar refractivity (Wildman–Crippen MR) is 122 cm³/mol. The molecule has 7 nitrogen and oxygen atoms in total. The number of halogens is 1. The highest BCUT2D eigenvalue weighted by molar-refractivity contribution is 6.32. The van der Waals surface area contributed by atoms with E-state index in [1.54, 1.807) is 42.5 Å². The van der Waals surface area contributed by atoms with Crippen LogP contribution < -0.4 is 20.2 Å². The van der Waals surface area contributed by atoms with Gasteiger partial charge in [0.25, 0.3) is 5.91 Å². The molecule has 0 aliphatic carbocycles. The number of anilines is 1. The number of fused-ring (bicyclic) bond motifs is 1. The first-order chi connectivity index (χ1) is 15.4. The van der Waals surface area contributed by atoms with Crippen molar-refractivity contribution in [2.24, 2.45) is 0 Å². The number of carbonyl (C=O) groups excluding carboxylic acids is 1. The number of furan rings is 1. The minimum atomic E-state index is -1.03. The van der Waals surface area contributed by atoms with Crippen LogP contribution in [-0.4, -0.2) is 19.1 Å². The van der Waals surface area contributed by atoms with Crippen molar-refractivity contribution in [1.29, 1.82) is 0 Å². The first kappa shape index (κ1) is 21.5. The number of benzene rings is 2. The largest absolute Gasteiger partial charge is 0.495 e. The lowest BCUT2D eigenvalue weighted by atomic mass is 10.1. The van der Waals surface area contributed by atoms with Crippen LogP contribution >= 0.6 is 11.6 Å². The molecule has 2 heterocycles. The Kier molecular flexibility index (Phi) is 5.92. The van der Waals surface area contributed by atoms with Crippen LogP contribution in [-0.2, 0) is 4.79 Å². The molecule has 164 valence electrons. The van der Waals surface area contributed by atoms with Gasteiger partial charge in [0, 0.05) is 5.02 Å². The quantitative estimate of drug-likeness (QED) is 0.418. The monoisotopic (exact) mass is 453 g/mol. The highest BCUT2D eigenvalue weighted by Gasteiger charge is 2.25. The summed E-state index contributed by atoms with van der Waals surface area (Å²) in [6.07, 6.45) is 0.420. The lowest BCUT2D eigenvalue weighted by Crippen LogP contribution is -2.32. The molecule has 0 spiro atoms. The van der Waals surface area contributed by atoms with Crippen LogP contribution in [0.5, 0.6) is 11.5 Å². The van der Waals surface area contributed by atoms with Gasteiger partial charge in [-0.15, -0.1) is 0 Å². The average molecular weight is 454 g/mol. The molecule has 4 rings (SSSR count). The van der Waals surface area contributed by atoms with Crippen molar-refractivity contribution in [1.82, 2.24) is 0 Å². The number of rotatable bonds is 6. The Labute approximate surface area is 188 Å². The third-order valence-corrected chi connectivity index (χ3v) is 5.31. The number of hydrogen-bond donors (Lipinski definition) is 1. The van der Waals surface area contributed by atoms with Gasteiger partial charge >= 0.3 is 0 Å². The molecule has 1 amide bonds. The summed E-state index contributed by atoms with van der Waals surface area (Å²) >= 11 is 6.21. The van der Waals surface area contributed by atoms with Gasteiger partial charge in [0.05, 0.1) is 24.4 Å². The molecule has 4 aromatic rings. The highest BCUT2D eigenvalue weighted by Crippen LogP contribution is 2.33. The van der Waals surface area contributed by atoms with Gasteiger partial charge in [0.15, 0.2) is 11.9 Å². The van der Waals surface area contributed by atoms with Gasteiger partial charge in [0.2, 0.25) is 16.9 Å². The Hall–Kier alpha value is -3.71. The van der Waals surface area contributed by atoms with E-state index in [9.17, 15) is 9.59 Å². The number of aryl methyl sites for hydroxylation is 1. The second-order valence-corrected chi connectivity index (χ2v) is 7.52. The molecular weight excluding hydrogens is 434 g/mol. The maximum absolute atomic E-state index is 13.3. The lowest BCUT2D eigenvalue weighted by Gasteiger charge is -2.17. The number of hydrogen-bond acceptors (Lipinski definition) is 6. The summed E-state index contributed by atoms with van der Waals surface area (Å²) in [7, 11) is 1.51. The second-order valence-electron chi connectivity index (χ2n) is 7.11. The van der Waals surface area contributed by atoms with Gasteiger partial charge in [-0.1, -0.05) is 23.7 Å². The van der Waals surface area contributed by atoms with Crippen molar-refractivity contribution in [3.63, 3.8) is 0 Å². The predicted octanol–water partition coefficient (Wildman–Crippen LogP) is 5.43. The number of para-hydroxylation sites is 2. The topological polar surface area (TPSA) is 90.9 Å². The summed E-state index contributed by atoms with van der Waals surface area (Å²) in [5.74, 6) is 0.269. The first-order valence-corrected chi connectivity index (χ1v) is 10.2. The van der Waals surface area contributed by atoms with E-state index < -0.39 is 17.4 Å². The van der Waals surface area contributed by atoms with Gasteiger partial charge in [-0.25, -0.2) is 0 Å². The summed E-state index contributed by atoms with van der Waals surface area (Å²) in [5.41, 5.74) is 1.11. The SMILES string of the molecule is COc1ccccc1NC(=O)C(C)Oc1c(-c2ccco2)oc2cc(C)c(Cl)cc2c1=O. The fourth-order valence-corrected chi connectivity index (χ4v) is 3.35. The zero-order chi connectivity index (χ0) is 22.8. The van der Waals surface area contributed by atoms with Crippen LogP contribution in [0.3, 0.4) is 0 Å². The van der Waals surface area contributed by atoms with Gasteiger partial charge in [-0.3, -0.25) is 9.59 Å². The van der Waals surface area contributed by atoms with Crippen LogP contribution in [0.15, 0.2) is 68.4 Å². The van der Waals surface area contributed by atoms with E-state index in [2.05, 4.69) is 5.32 Å². The molecule has 8 heteroatoms. The Bertz CT molecular complexity index is 1340. The van der Waals surface area contributed by atoms with Crippen LogP contribution in [0.4, 0.5) is 5.69 Å². The molecule has 0 aliphatic rings. The van der Waals surface area contributed by atoms with Crippen molar-refractivity contribution in [2.75, 3.05) is 12.4 Å². The molecule has 0 bridgehead atoms. The van der Waals surface area contributed by atoms with E-state index in [1.807, 2.05) is 6.92 Å². The van der Waals surface area contributed by atoms with Crippen molar-refractivity contribution < 1.29 is 23.1 Å². The Morgan fingerprint density at radius 3 is 2.66 bits per heavy atom. The zero-order valence-corrected chi connectivity index (χ0v) is 18.4. The summed E-state index contributed by atoms with van der Waals surface area (Å²) < 4.78 is 22.5. The van der Waals surface area contributed by atoms with E-state index >= 15 is 0 Å². The molecule has 1 atom stereocenters. The van der Waals surface area contributed by atoms with Gasteiger partial charge in [-0.2, -0.15) is 0 Å². The maximum atomic E-state index is 13.3. The van der Waals surface area contributed by atoms with Crippen molar-refractivity contribution in [3.05, 3.63) is 75.6 Å². The van der Waals surface area contributed by atoms with Crippen LogP contribution in [0, 0.1) is 6.92 Å². The highest BCUT2D eigenvalue weighted by atomic mass is 35.5. The summed E-state index contributed by atoms with van der Waals surface area (Å²) in [6, 6.07) is 13.5. The van der Waals surface area contributed by atoms with E-state index in [-0.39, 0.29) is 16.9 Å². The fraction of sp³-hybridized carbons (Fsp3) is 0.167. The van der Waals surface area contributed by atoms with Crippen LogP contribution in [0.1, 0.15) is 12.5 Å². The second kappa shape index (κ2) is 8.80. The molecule has 2 aromatic heterocycles. The maximum Gasteiger partial charge on any atom is 0.265 e. The molecule has 0 radical (unpaired) electrons. The lowest BCUT2D eigenvalue weighted by molar-refractivity contribution is -0.122. The molecule has 1 N–H and O–H groups in total. The minimum absolute atomic E-state index is 0.0890. The number of ether oxygens (including phenoxy) is 2. The molecule has 32 heavy (non-hydrogen) atoms. The Morgan fingerprint density at radius 2 is 1.94 bits per heavy atom. The average Bonchev–Trinajstić information content (AvgIpc) is 3.32. The van der Waals surface area contributed by atoms with Crippen LogP contribution in [0.2, 0.25) is 5.02 Å². The van der Waals surface area contributed by atoms with E-state index in [0.717, 1.165) is 5.56 Å². The van der Waals surface area contributed by atoms with Crippen molar-refractivity contribution in [3.8, 4) is 23.0 Å². The van der Waals surface area contributed by atoms with Gasteiger partial charge in [-0.05, 0) is 55.8 Å².